The van der Waals surface area contributed by atoms with E-state index in [0.717, 1.165) is 6.26 Å². The van der Waals surface area contributed by atoms with Crippen molar-refractivity contribution in [3.63, 3.8) is 0 Å². The fourth-order valence-corrected chi connectivity index (χ4v) is 0.968. The highest BCUT2D eigenvalue weighted by atomic mass is 31.2. The van der Waals surface area contributed by atoms with Crippen LogP contribution in [0.3, 0.4) is 0 Å². The molecule has 0 fully saturated rings. The van der Waals surface area contributed by atoms with Gasteiger partial charge in [-0.1, -0.05) is 12.7 Å². The molecule has 3 nitrogen and oxygen atoms in total. The largest absolute Gasteiger partial charge is 0.433 e. The molecule has 0 radical (unpaired) electrons. The molecule has 0 aromatic rings. The summed E-state index contributed by atoms with van der Waals surface area (Å²) in [7, 11) is -3.43. The molecule has 4 heteroatoms. The molecule has 0 saturated heterocycles. The Balaban J connectivity index is 3.85. The van der Waals surface area contributed by atoms with Crippen LogP contribution < -0.4 is 0 Å². The van der Waals surface area contributed by atoms with Crippen molar-refractivity contribution in [3.05, 3.63) is 25.5 Å². The molecule has 9 heavy (non-hydrogen) atoms. The zero-order chi connectivity index (χ0) is 7.33. The molecule has 0 aliphatic carbocycles. The van der Waals surface area contributed by atoms with E-state index in [4.69, 9.17) is 4.89 Å². The molecular weight excluding hydrogens is 139 g/mol. The molecule has 0 aromatic heterocycles. The van der Waals surface area contributed by atoms with Crippen LogP contribution in [0.2, 0.25) is 0 Å². The van der Waals surface area contributed by atoms with Crippen LogP contribution in [0.15, 0.2) is 25.5 Å². The smallest absolute Gasteiger partial charge is 0.379 e. The summed E-state index contributed by atoms with van der Waals surface area (Å²) in [5.41, 5.74) is 0. The van der Waals surface area contributed by atoms with E-state index < -0.39 is 7.60 Å². The van der Waals surface area contributed by atoms with E-state index in [0.29, 0.717) is 0 Å². The summed E-state index contributed by atoms with van der Waals surface area (Å²) in [6, 6.07) is 0. The average Bonchev–Trinajstić information content (AvgIpc) is 1.64. The van der Waals surface area contributed by atoms with Gasteiger partial charge in [-0.15, -0.1) is 6.58 Å². The maximum absolute atomic E-state index is 10.6. The van der Waals surface area contributed by atoms with Gasteiger partial charge in [-0.05, 0) is 0 Å². The third kappa shape index (κ3) is 4.01. The first-order valence-electron chi connectivity index (χ1n) is 2.34. The topological polar surface area (TPSA) is 46.5 Å². The molecule has 0 bridgehead atoms. The van der Waals surface area contributed by atoms with Gasteiger partial charge in [0.15, 0.2) is 0 Å². The average molecular weight is 148 g/mol. The van der Waals surface area contributed by atoms with Crippen LogP contribution in [0.5, 0.6) is 0 Å². The first-order chi connectivity index (χ1) is 4.12. The van der Waals surface area contributed by atoms with Crippen molar-refractivity contribution < 1.29 is 14.0 Å². The lowest BCUT2D eigenvalue weighted by Gasteiger charge is -2.05. The Morgan fingerprint density at radius 1 is 1.67 bits per heavy atom. The van der Waals surface area contributed by atoms with E-state index in [1.54, 1.807) is 0 Å². The molecule has 52 valence electrons. The van der Waals surface area contributed by atoms with Crippen molar-refractivity contribution in [2.24, 2.45) is 0 Å². The van der Waals surface area contributed by atoms with Gasteiger partial charge in [0.25, 0.3) is 0 Å². The second-order valence-electron chi connectivity index (χ2n) is 1.38. The maximum atomic E-state index is 10.6. The predicted molar refractivity (Wildman–Crippen MR) is 36.2 cm³/mol. The summed E-state index contributed by atoms with van der Waals surface area (Å²) in [5, 5.41) is 0. The molecule has 0 rings (SSSR count). The molecular formula is C5H9O3P. The molecule has 0 aromatic carbocycles. The Morgan fingerprint density at radius 2 is 2.22 bits per heavy atom. The lowest BCUT2D eigenvalue weighted by atomic mass is 10.8. The van der Waals surface area contributed by atoms with Crippen LogP contribution in [0, 0.1) is 0 Å². The van der Waals surface area contributed by atoms with Crippen LogP contribution in [0.1, 0.15) is 0 Å². The maximum Gasteiger partial charge on any atom is 0.379 e. The summed E-state index contributed by atoms with van der Waals surface area (Å²) >= 11 is 0. The first kappa shape index (κ1) is 8.47. The van der Waals surface area contributed by atoms with Crippen molar-refractivity contribution >= 4 is 7.60 Å². The van der Waals surface area contributed by atoms with E-state index in [1.165, 1.54) is 6.08 Å². The Labute approximate surface area is 54.2 Å². The van der Waals surface area contributed by atoms with Crippen molar-refractivity contribution in [1.29, 1.82) is 0 Å². The zero-order valence-electron chi connectivity index (χ0n) is 4.99. The third-order valence-electron chi connectivity index (χ3n) is 0.599. The Bertz CT molecular complexity index is 138. The van der Waals surface area contributed by atoms with E-state index >= 15 is 0 Å². The van der Waals surface area contributed by atoms with Gasteiger partial charge in [0.1, 0.15) is 0 Å². The van der Waals surface area contributed by atoms with Crippen LogP contribution in [-0.2, 0) is 9.09 Å². The molecule has 0 saturated carbocycles. The van der Waals surface area contributed by atoms with Gasteiger partial charge in [-0.3, -0.25) is 0 Å². The second kappa shape index (κ2) is 3.49. The van der Waals surface area contributed by atoms with Gasteiger partial charge in [0.2, 0.25) is 0 Å². The monoisotopic (exact) mass is 148 g/mol. The minimum Gasteiger partial charge on any atom is -0.433 e. The SMILES string of the molecule is C=CCP(=O)(O)OC=C. The molecule has 1 unspecified atom stereocenters. The summed E-state index contributed by atoms with van der Waals surface area (Å²) in [4.78, 5) is 8.71. The first-order valence-corrected chi connectivity index (χ1v) is 4.10. The highest BCUT2D eigenvalue weighted by molar-refractivity contribution is 7.53. The molecule has 0 amide bonds. The summed E-state index contributed by atoms with van der Waals surface area (Å²) in [5.74, 6) is 0. The Morgan fingerprint density at radius 3 is 2.56 bits per heavy atom. The summed E-state index contributed by atoms with van der Waals surface area (Å²) in [6.45, 7) is 6.42. The lowest BCUT2D eigenvalue weighted by Crippen LogP contribution is -1.84. The van der Waals surface area contributed by atoms with Gasteiger partial charge in [0.05, 0.1) is 12.4 Å². The van der Waals surface area contributed by atoms with Gasteiger partial charge in [-0.2, -0.15) is 0 Å². The molecule has 0 spiro atoms. The molecule has 0 heterocycles. The molecule has 0 aliphatic rings. The standard InChI is InChI=1S/C5H9O3P/c1-3-5-9(6,7)8-4-2/h3-4H,1-2,5H2,(H,6,7). The number of hydrogen-bond donors (Lipinski definition) is 1. The number of hydrogen-bond acceptors (Lipinski definition) is 2. The Kier molecular flexibility index (Phi) is 3.28. The minimum absolute atomic E-state index is 0.0426. The van der Waals surface area contributed by atoms with Crippen molar-refractivity contribution in [2.75, 3.05) is 6.16 Å². The predicted octanol–water partition coefficient (Wildman–Crippen LogP) is 1.52. The highest BCUT2D eigenvalue weighted by Crippen LogP contribution is 2.41. The van der Waals surface area contributed by atoms with Crippen LogP contribution in [0.25, 0.3) is 0 Å². The van der Waals surface area contributed by atoms with Gasteiger partial charge < -0.3 is 9.42 Å². The Hall–Kier alpha value is -0.530. The van der Waals surface area contributed by atoms with E-state index in [-0.39, 0.29) is 6.16 Å². The van der Waals surface area contributed by atoms with Crippen molar-refractivity contribution in [1.82, 2.24) is 0 Å². The van der Waals surface area contributed by atoms with Crippen molar-refractivity contribution in [2.45, 2.75) is 0 Å². The number of rotatable bonds is 4. The molecule has 1 atom stereocenters. The van der Waals surface area contributed by atoms with Crippen LogP contribution >= 0.6 is 7.60 Å². The summed E-state index contributed by atoms with van der Waals surface area (Å²) in [6.07, 6.45) is 2.23. The van der Waals surface area contributed by atoms with Crippen LogP contribution in [-0.4, -0.2) is 11.1 Å². The number of allylic oxidation sites excluding steroid dienone is 1. The van der Waals surface area contributed by atoms with Gasteiger partial charge in [0, 0.05) is 0 Å². The zero-order valence-corrected chi connectivity index (χ0v) is 5.88. The highest BCUT2D eigenvalue weighted by Gasteiger charge is 2.14. The molecule has 0 aliphatic heterocycles. The normalized spacial score (nSPS) is 15.7. The minimum atomic E-state index is -3.43. The second-order valence-corrected chi connectivity index (χ2v) is 3.23. The van der Waals surface area contributed by atoms with Crippen molar-refractivity contribution in [3.8, 4) is 0 Å². The van der Waals surface area contributed by atoms with Crippen LogP contribution in [0.4, 0.5) is 0 Å². The van der Waals surface area contributed by atoms with Gasteiger partial charge in [-0.25, -0.2) is 4.57 Å². The lowest BCUT2D eigenvalue weighted by molar-refractivity contribution is 0.352. The van der Waals surface area contributed by atoms with E-state index in [1.807, 2.05) is 0 Å². The fourth-order valence-electron chi connectivity index (χ4n) is 0.323. The van der Waals surface area contributed by atoms with E-state index in [9.17, 15) is 4.57 Å². The quantitative estimate of drug-likeness (QED) is 0.373. The van der Waals surface area contributed by atoms with Gasteiger partial charge >= 0.3 is 7.60 Å². The van der Waals surface area contributed by atoms with E-state index in [2.05, 4.69) is 17.7 Å². The third-order valence-corrected chi connectivity index (χ3v) is 1.80. The fraction of sp³-hybridized carbons (Fsp3) is 0.200. The summed E-state index contributed by atoms with van der Waals surface area (Å²) < 4.78 is 14.9. The molecule has 1 N–H and O–H groups in total.